The zero-order valence-electron chi connectivity index (χ0n) is 11.9. The number of anilines is 1. The SMILES string of the molecule is Cc1c(Oc2ccc(N)cc2)ccnc1-c1cnn(C)c1. The van der Waals surface area contributed by atoms with Gasteiger partial charge >= 0.3 is 0 Å². The van der Waals surface area contributed by atoms with Gasteiger partial charge in [0, 0.05) is 36.3 Å². The minimum absolute atomic E-state index is 0.713. The standard InChI is InChI=1S/C16H16N4O/c1-11-15(21-14-5-3-13(17)4-6-14)7-8-18-16(11)12-9-19-20(2)10-12/h3-10H,17H2,1-2H3. The number of aromatic nitrogens is 3. The second-order valence-corrected chi connectivity index (χ2v) is 4.86. The van der Waals surface area contributed by atoms with Crippen LogP contribution in [0.15, 0.2) is 48.9 Å². The fraction of sp³-hybridized carbons (Fsp3) is 0.125. The summed E-state index contributed by atoms with van der Waals surface area (Å²) in [7, 11) is 1.88. The summed E-state index contributed by atoms with van der Waals surface area (Å²) >= 11 is 0. The predicted molar refractivity (Wildman–Crippen MR) is 82.1 cm³/mol. The van der Waals surface area contributed by atoms with Crippen LogP contribution < -0.4 is 10.5 Å². The fourth-order valence-corrected chi connectivity index (χ4v) is 2.13. The Morgan fingerprint density at radius 3 is 2.57 bits per heavy atom. The Balaban J connectivity index is 1.95. The van der Waals surface area contributed by atoms with E-state index in [1.807, 2.05) is 50.5 Å². The number of hydrogen-bond donors (Lipinski definition) is 1. The van der Waals surface area contributed by atoms with Crippen LogP contribution in [0.1, 0.15) is 5.56 Å². The lowest BCUT2D eigenvalue weighted by molar-refractivity contribution is 0.478. The van der Waals surface area contributed by atoms with E-state index >= 15 is 0 Å². The van der Waals surface area contributed by atoms with Gasteiger partial charge in [-0.25, -0.2) is 0 Å². The van der Waals surface area contributed by atoms with Crippen LogP contribution >= 0.6 is 0 Å². The number of benzene rings is 1. The number of nitrogens with zero attached hydrogens (tertiary/aromatic N) is 3. The first-order valence-corrected chi connectivity index (χ1v) is 6.61. The van der Waals surface area contributed by atoms with Crippen LogP contribution in [-0.4, -0.2) is 14.8 Å². The molecule has 0 spiro atoms. The Bertz CT molecular complexity index is 762. The molecular weight excluding hydrogens is 264 g/mol. The number of nitrogen functional groups attached to an aromatic ring is 1. The molecule has 21 heavy (non-hydrogen) atoms. The highest BCUT2D eigenvalue weighted by atomic mass is 16.5. The van der Waals surface area contributed by atoms with E-state index in [4.69, 9.17) is 10.5 Å². The highest BCUT2D eigenvalue weighted by Gasteiger charge is 2.11. The molecule has 2 N–H and O–H groups in total. The van der Waals surface area contributed by atoms with E-state index in [1.54, 1.807) is 17.1 Å². The van der Waals surface area contributed by atoms with Gasteiger partial charge in [0.1, 0.15) is 11.5 Å². The van der Waals surface area contributed by atoms with Crippen molar-refractivity contribution in [1.29, 1.82) is 0 Å². The largest absolute Gasteiger partial charge is 0.457 e. The third kappa shape index (κ3) is 2.72. The Kier molecular flexibility index (Phi) is 3.31. The van der Waals surface area contributed by atoms with Crippen molar-refractivity contribution in [2.75, 3.05) is 5.73 Å². The monoisotopic (exact) mass is 280 g/mol. The van der Waals surface area contributed by atoms with Crippen LogP contribution in [0.3, 0.4) is 0 Å². The topological polar surface area (TPSA) is 66.0 Å². The summed E-state index contributed by atoms with van der Waals surface area (Å²) < 4.78 is 7.66. The van der Waals surface area contributed by atoms with Gasteiger partial charge in [-0.3, -0.25) is 9.67 Å². The number of pyridine rings is 1. The molecular formula is C16H16N4O. The van der Waals surface area contributed by atoms with E-state index < -0.39 is 0 Å². The van der Waals surface area contributed by atoms with Gasteiger partial charge in [-0.05, 0) is 37.3 Å². The maximum atomic E-state index is 5.91. The minimum atomic E-state index is 0.713. The Labute approximate surface area is 123 Å². The van der Waals surface area contributed by atoms with Crippen LogP contribution in [0.2, 0.25) is 0 Å². The molecule has 0 aliphatic rings. The molecule has 106 valence electrons. The first kappa shape index (κ1) is 13.2. The second kappa shape index (κ2) is 5.28. The van der Waals surface area contributed by atoms with E-state index in [0.29, 0.717) is 5.69 Å². The van der Waals surface area contributed by atoms with Crippen molar-refractivity contribution < 1.29 is 4.74 Å². The number of ether oxygens (including phenoxy) is 1. The second-order valence-electron chi connectivity index (χ2n) is 4.86. The molecule has 0 saturated carbocycles. The lowest BCUT2D eigenvalue weighted by atomic mass is 10.1. The van der Waals surface area contributed by atoms with Crippen molar-refractivity contribution >= 4 is 5.69 Å². The Morgan fingerprint density at radius 1 is 1.14 bits per heavy atom. The third-order valence-electron chi connectivity index (χ3n) is 3.24. The average molecular weight is 280 g/mol. The van der Waals surface area contributed by atoms with Gasteiger partial charge in [-0.2, -0.15) is 5.10 Å². The number of rotatable bonds is 3. The van der Waals surface area contributed by atoms with Gasteiger partial charge in [0.05, 0.1) is 11.9 Å². The van der Waals surface area contributed by atoms with Crippen molar-refractivity contribution in [3.05, 3.63) is 54.5 Å². The Morgan fingerprint density at radius 2 is 1.90 bits per heavy atom. The Hall–Kier alpha value is -2.82. The quantitative estimate of drug-likeness (QED) is 0.748. The predicted octanol–water partition coefficient (Wildman–Crippen LogP) is 3.17. The summed E-state index contributed by atoms with van der Waals surface area (Å²) in [6.07, 6.45) is 5.46. The van der Waals surface area contributed by atoms with Crippen LogP contribution in [-0.2, 0) is 7.05 Å². The van der Waals surface area contributed by atoms with E-state index in [9.17, 15) is 0 Å². The molecule has 5 heteroatoms. The summed E-state index contributed by atoms with van der Waals surface area (Å²) in [6, 6.07) is 9.17. The number of aryl methyl sites for hydroxylation is 1. The van der Waals surface area contributed by atoms with Crippen LogP contribution in [0.25, 0.3) is 11.3 Å². The minimum Gasteiger partial charge on any atom is -0.457 e. The lowest BCUT2D eigenvalue weighted by Crippen LogP contribution is -1.93. The summed E-state index contributed by atoms with van der Waals surface area (Å²) in [4.78, 5) is 4.42. The van der Waals surface area contributed by atoms with Gasteiger partial charge in [0.25, 0.3) is 0 Å². The molecule has 3 rings (SSSR count). The van der Waals surface area contributed by atoms with E-state index in [-0.39, 0.29) is 0 Å². The van der Waals surface area contributed by atoms with Crippen molar-refractivity contribution in [1.82, 2.24) is 14.8 Å². The van der Waals surface area contributed by atoms with Crippen molar-refractivity contribution in [3.63, 3.8) is 0 Å². The van der Waals surface area contributed by atoms with Crippen LogP contribution in [0.5, 0.6) is 11.5 Å². The van der Waals surface area contributed by atoms with Crippen LogP contribution in [0, 0.1) is 6.92 Å². The fourth-order valence-electron chi connectivity index (χ4n) is 2.13. The molecule has 0 amide bonds. The lowest BCUT2D eigenvalue weighted by Gasteiger charge is -2.11. The molecule has 2 heterocycles. The molecule has 0 radical (unpaired) electrons. The third-order valence-corrected chi connectivity index (χ3v) is 3.24. The van der Waals surface area contributed by atoms with E-state index in [2.05, 4.69) is 10.1 Å². The normalized spacial score (nSPS) is 10.6. The molecule has 1 aromatic carbocycles. The average Bonchev–Trinajstić information content (AvgIpc) is 2.90. The van der Waals surface area contributed by atoms with Crippen molar-refractivity contribution in [3.8, 4) is 22.8 Å². The molecule has 0 aliphatic carbocycles. The van der Waals surface area contributed by atoms with E-state index in [1.165, 1.54) is 0 Å². The smallest absolute Gasteiger partial charge is 0.134 e. The molecule has 5 nitrogen and oxygen atoms in total. The van der Waals surface area contributed by atoms with Gasteiger partial charge in [0.2, 0.25) is 0 Å². The van der Waals surface area contributed by atoms with E-state index in [0.717, 1.165) is 28.3 Å². The van der Waals surface area contributed by atoms with Gasteiger partial charge in [-0.15, -0.1) is 0 Å². The molecule has 0 atom stereocenters. The summed E-state index contributed by atoms with van der Waals surface area (Å²) in [6.45, 7) is 1.99. The van der Waals surface area contributed by atoms with Gasteiger partial charge in [-0.1, -0.05) is 0 Å². The van der Waals surface area contributed by atoms with Crippen molar-refractivity contribution in [2.24, 2.45) is 7.05 Å². The number of nitrogens with two attached hydrogens (primary N) is 1. The number of hydrogen-bond acceptors (Lipinski definition) is 4. The zero-order valence-corrected chi connectivity index (χ0v) is 11.9. The highest BCUT2D eigenvalue weighted by molar-refractivity contribution is 5.64. The molecule has 0 saturated heterocycles. The maximum absolute atomic E-state index is 5.91. The summed E-state index contributed by atoms with van der Waals surface area (Å²) in [5, 5.41) is 4.18. The molecule has 0 aliphatic heterocycles. The van der Waals surface area contributed by atoms with Gasteiger partial charge < -0.3 is 10.5 Å². The molecule has 0 unspecified atom stereocenters. The summed E-state index contributed by atoms with van der Waals surface area (Å²) in [5.41, 5.74) is 9.21. The molecule has 2 aromatic heterocycles. The molecule has 0 fully saturated rings. The van der Waals surface area contributed by atoms with Crippen LogP contribution in [0.4, 0.5) is 5.69 Å². The summed E-state index contributed by atoms with van der Waals surface area (Å²) in [5.74, 6) is 1.52. The van der Waals surface area contributed by atoms with Crippen molar-refractivity contribution in [2.45, 2.75) is 6.92 Å². The van der Waals surface area contributed by atoms with Gasteiger partial charge in [0.15, 0.2) is 0 Å². The first-order valence-electron chi connectivity index (χ1n) is 6.61. The maximum Gasteiger partial charge on any atom is 0.134 e. The molecule has 0 bridgehead atoms. The molecule has 3 aromatic rings. The first-order chi connectivity index (χ1) is 10.1. The zero-order chi connectivity index (χ0) is 14.8. The highest BCUT2D eigenvalue weighted by Crippen LogP contribution is 2.30.